The maximum atomic E-state index is 11.9. The molecule has 2 atom stereocenters. The van der Waals surface area contributed by atoms with Crippen molar-refractivity contribution in [2.24, 2.45) is 0 Å². The molecular weight excluding hydrogens is 177 g/mol. The van der Waals surface area contributed by atoms with Crippen molar-refractivity contribution >= 4 is 5.97 Å². The molecule has 0 aliphatic carbocycles. The Morgan fingerprint density at radius 3 is 2.25 bits per heavy atom. The molecule has 1 saturated heterocycles. The molecule has 0 aromatic carbocycles. The van der Waals surface area contributed by atoms with Gasteiger partial charge in [0.2, 0.25) is 0 Å². The predicted octanol–water partition coefficient (Wildman–Crippen LogP) is 1.18. The zero-order valence-corrected chi connectivity index (χ0v) is 5.97. The van der Waals surface area contributed by atoms with Crippen molar-refractivity contribution in [3.8, 4) is 0 Å². The van der Waals surface area contributed by atoms with Gasteiger partial charge >= 0.3 is 12.1 Å². The fourth-order valence-electron chi connectivity index (χ4n) is 1.06. The Balaban J connectivity index is 2.51. The summed E-state index contributed by atoms with van der Waals surface area (Å²) in [5.41, 5.74) is 0. The van der Waals surface area contributed by atoms with Gasteiger partial charge in [-0.3, -0.25) is 0 Å². The number of carbonyl (C=O) groups is 1. The Labute approximate surface area is 66.1 Å². The molecule has 70 valence electrons. The highest BCUT2D eigenvalue weighted by atomic mass is 19.4. The number of carboxylic acids is 1. The van der Waals surface area contributed by atoms with Crippen LogP contribution in [0.5, 0.6) is 0 Å². The second-order valence-electron chi connectivity index (χ2n) is 2.57. The van der Waals surface area contributed by atoms with Gasteiger partial charge in [-0.15, -0.1) is 0 Å². The number of alkyl halides is 3. The Morgan fingerprint density at radius 2 is 2.00 bits per heavy atom. The van der Waals surface area contributed by atoms with Crippen LogP contribution in [-0.2, 0) is 9.53 Å². The first-order valence-electron chi connectivity index (χ1n) is 3.36. The van der Waals surface area contributed by atoms with Crippen LogP contribution >= 0.6 is 0 Å². The first-order chi connectivity index (χ1) is 5.41. The van der Waals surface area contributed by atoms with E-state index in [0.29, 0.717) is 0 Å². The summed E-state index contributed by atoms with van der Waals surface area (Å²) in [6, 6.07) is 0. The summed E-state index contributed by atoms with van der Waals surface area (Å²) in [6.45, 7) is 0. The number of hydrogen-bond acceptors (Lipinski definition) is 2. The Hall–Kier alpha value is -0.780. The quantitative estimate of drug-likeness (QED) is 0.665. The van der Waals surface area contributed by atoms with Gasteiger partial charge in [0.05, 0.1) is 0 Å². The third-order valence-electron chi connectivity index (χ3n) is 1.66. The molecule has 0 spiro atoms. The molecule has 1 rings (SSSR count). The van der Waals surface area contributed by atoms with Crippen LogP contribution in [0.2, 0.25) is 0 Å². The Bertz CT molecular complexity index is 189. The van der Waals surface area contributed by atoms with Crippen LogP contribution in [0, 0.1) is 0 Å². The first-order valence-corrected chi connectivity index (χ1v) is 3.36. The van der Waals surface area contributed by atoms with Gasteiger partial charge in [0.15, 0.2) is 12.2 Å². The molecule has 0 bridgehead atoms. The molecule has 1 fully saturated rings. The van der Waals surface area contributed by atoms with Crippen molar-refractivity contribution in [1.29, 1.82) is 0 Å². The lowest BCUT2D eigenvalue weighted by Gasteiger charge is -2.14. The van der Waals surface area contributed by atoms with Gasteiger partial charge in [0.1, 0.15) is 0 Å². The van der Waals surface area contributed by atoms with E-state index in [1.54, 1.807) is 0 Å². The minimum absolute atomic E-state index is 0.0699. The van der Waals surface area contributed by atoms with Gasteiger partial charge in [-0.05, 0) is 12.8 Å². The molecule has 3 nitrogen and oxygen atoms in total. The summed E-state index contributed by atoms with van der Waals surface area (Å²) in [7, 11) is 0. The summed E-state index contributed by atoms with van der Waals surface area (Å²) in [4.78, 5) is 10.2. The molecule has 12 heavy (non-hydrogen) atoms. The number of halogens is 3. The van der Waals surface area contributed by atoms with Gasteiger partial charge in [0.25, 0.3) is 0 Å². The molecule has 1 N–H and O–H groups in total. The van der Waals surface area contributed by atoms with Crippen molar-refractivity contribution in [3.63, 3.8) is 0 Å². The van der Waals surface area contributed by atoms with E-state index in [2.05, 4.69) is 4.74 Å². The molecule has 0 aromatic rings. The third-order valence-corrected chi connectivity index (χ3v) is 1.66. The fraction of sp³-hybridized carbons (Fsp3) is 0.833. The summed E-state index contributed by atoms with van der Waals surface area (Å²) in [6.07, 6.45) is -7.97. The van der Waals surface area contributed by atoms with Gasteiger partial charge in [-0.25, -0.2) is 4.79 Å². The lowest BCUT2D eigenvalue weighted by Crippen LogP contribution is -2.30. The van der Waals surface area contributed by atoms with E-state index < -0.39 is 24.4 Å². The minimum atomic E-state index is -4.44. The smallest absolute Gasteiger partial charge is 0.414 e. The van der Waals surface area contributed by atoms with Crippen molar-refractivity contribution in [3.05, 3.63) is 0 Å². The molecule has 1 heterocycles. The van der Waals surface area contributed by atoms with Crippen molar-refractivity contribution in [2.45, 2.75) is 31.2 Å². The normalized spacial score (nSPS) is 30.6. The average Bonchev–Trinajstić information content (AvgIpc) is 2.30. The first kappa shape index (κ1) is 9.31. The van der Waals surface area contributed by atoms with E-state index in [-0.39, 0.29) is 12.8 Å². The maximum Gasteiger partial charge on any atom is 0.414 e. The van der Waals surface area contributed by atoms with Crippen molar-refractivity contribution < 1.29 is 27.8 Å². The van der Waals surface area contributed by atoms with E-state index in [0.717, 1.165) is 0 Å². The lowest BCUT2D eigenvalue weighted by molar-refractivity contribution is -0.216. The van der Waals surface area contributed by atoms with Crippen LogP contribution in [0.25, 0.3) is 0 Å². The highest BCUT2D eigenvalue weighted by Gasteiger charge is 2.47. The summed E-state index contributed by atoms with van der Waals surface area (Å²) in [5, 5.41) is 8.30. The van der Waals surface area contributed by atoms with E-state index >= 15 is 0 Å². The number of rotatable bonds is 1. The molecule has 0 radical (unpaired) electrons. The Kier molecular flexibility index (Phi) is 2.27. The van der Waals surface area contributed by atoms with E-state index in [1.165, 1.54) is 0 Å². The zero-order chi connectivity index (χ0) is 9.35. The monoisotopic (exact) mass is 184 g/mol. The van der Waals surface area contributed by atoms with Gasteiger partial charge in [-0.1, -0.05) is 0 Å². The average molecular weight is 184 g/mol. The molecule has 6 heteroatoms. The highest BCUT2D eigenvalue weighted by molar-refractivity contribution is 5.72. The number of hydrogen-bond donors (Lipinski definition) is 1. The fourth-order valence-corrected chi connectivity index (χ4v) is 1.06. The van der Waals surface area contributed by atoms with Crippen molar-refractivity contribution in [2.75, 3.05) is 0 Å². The van der Waals surface area contributed by atoms with Crippen molar-refractivity contribution in [1.82, 2.24) is 0 Å². The maximum absolute atomic E-state index is 11.9. The summed E-state index contributed by atoms with van der Waals surface area (Å²) >= 11 is 0. The highest BCUT2D eigenvalue weighted by Crippen LogP contribution is 2.32. The second-order valence-corrected chi connectivity index (χ2v) is 2.57. The molecule has 0 aromatic heterocycles. The minimum Gasteiger partial charge on any atom is -0.479 e. The Morgan fingerprint density at radius 1 is 1.42 bits per heavy atom. The SMILES string of the molecule is O=C(O)C1CCC(C(F)(F)F)O1. The van der Waals surface area contributed by atoms with E-state index in [4.69, 9.17) is 5.11 Å². The van der Waals surface area contributed by atoms with E-state index in [1.807, 2.05) is 0 Å². The second kappa shape index (κ2) is 2.93. The summed E-state index contributed by atoms with van der Waals surface area (Å²) in [5.74, 6) is -1.33. The molecule has 0 amide bonds. The molecule has 1 aliphatic rings. The number of carboxylic acid groups (broad SMARTS) is 1. The van der Waals surface area contributed by atoms with Crippen LogP contribution in [0.3, 0.4) is 0 Å². The van der Waals surface area contributed by atoms with Crippen LogP contribution in [0.15, 0.2) is 0 Å². The zero-order valence-electron chi connectivity index (χ0n) is 5.97. The van der Waals surface area contributed by atoms with Gasteiger partial charge in [0, 0.05) is 0 Å². The molecule has 2 unspecified atom stereocenters. The van der Waals surface area contributed by atoms with Crippen LogP contribution in [-0.4, -0.2) is 29.5 Å². The molecule has 1 aliphatic heterocycles. The largest absolute Gasteiger partial charge is 0.479 e. The topological polar surface area (TPSA) is 46.5 Å². The van der Waals surface area contributed by atoms with Gasteiger partial charge < -0.3 is 9.84 Å². The number of ether oxygens (including phenoxy) is 1. The summed E-state index contributed by atoms with van der Waals surface area (Å²) < 4.78 is 39.9. The third kappa shape index (κ3) is 1.88. The molecular formula is C6H7F3O3. The van der Waals surface area contributed by atoms with Crippen LogP contribution in [0.1, 0.15) is 12.8 Å². The van der Waals surface area contributed by atoms with Crippen LogP contribution < -0.4 is 0 Å². The number of aliphatic carboxylic acids is 1. The van der Waals surface area contributed by atoms with Crippen LogP contribution in [0.4, 0.5) is 13.2 Å². The van der Waals surface area contributed by atoms with E-state index in [9.17, 15) is 18.0 Å². The predicted molar refractivity (Wildman–Crippen MR) is 31.6 cm³/mol. The van der Waals surface area contributed by atoms with Gasteiger partial charge in [-0.2, -0.15) is 13.2 Å². The lowest BCUT2D eigenvalue weighted by atomic mass is 10.2. The molecule has 0 saturated carbocycles. The standard InChI is InChI=1S/C6H7F3O3/c7-6(8,9)4-2-1-3(12-4)5(10)11/h3-4H,1-2H2,(H,10,11).